The number of nitrogen functional groups attached to an aromatic ring is 1. The number of benzene rings is 1. The molecule has 20 heavy (non-hydrogen) atoms. The van der Waals surface area contributed by atoms with Crippen LogP contribution in [0.1, 0.15) is 10.5 Å². The van der Waals surface area contributed by atoms with Gasteiger partial charge in [-0.1, -0.05) is 18.2 Å². The number of aliphatic hydroxyl groups is 1. The van der Waals surface area contributed by atoms with Crippen LogP contribution in [0, 0.1) is 0 Å². The number of amides is 1. The Bertz CT molecular complexity index is 672. The topological polar surface area (TPSA) is 126 Å². The van der Waals surface area contributed by atoms with Gasteiger partial charge in [-0.05, 0) is 12.1 Å². The van der Waals surface area contributed by atoms with Crippen molar-refractivity contribution >= 4 is 28.5 Å². The molecule has 1 heterocycles. The molecular weight excluding hydrogens is 262 g/mol. The number of carboxylic acids is 1. The predicted molar refractivity (Wildman–Crippen MR) is 72.1 cm³/mol. The number of pyridine rings is 1. The molecule has 0 aliphatic rings. The van der Waals surface area contributed by atoms with Crippen molar-refractivity contribution in [3.63, 3.8) is 0 Å². The van der Waals surface area contributed by atoms with Crippen molar-refractivity contribution in [2.75, 3.05) is 12.3 Å². The van der Waals surface area contributed by atoms with Crippen LogP contribution in [0.25, 0.3) is 10.9 Å². The summed E-state index contributed by atoms with van der Waals surface area (Å²) in [6.45, 7) is -0.400. The lowest BCUT2D eigenvalue weighted by atomic mass is 10.1. The second kappa shape index (κ2) is 5.54. The first-order valence-corrected chi connectivity index (χ1v) is 5.83. The van der Waals surface area contributed by atoms with E-state index in [1.165, 1.54) is 6.07 Å². The van der Waals surface area contributed by atoms with Gasteiger partial charge in [0.2, 0.25) is 0 Å². The second-order valence-electron chi connectivity index (χ2n) is 4.18. The van der Waals surface area contributed by atoms with Crippen LogP contribution in [-0.4, -0.2) is 39.7 Å². The molecule has 0 fully saturated rings. The minimum atomic E-state index is -1.66. The van der Waals surface area contributed by atoms with E-state index >= 15 is 0 Å². The van der Waals surface area contributed by atoms with Gasteiger partial charge in [0.15, 0.2) is 6.10 Å². The van der Waals surface area contributed by atoms with Crippen LogP contribution in [0.15, 0.2) is 30.3 Å². The van der Waals surface area contributed by atoms with Gasteiger partial charge in [-0.2, -0.15) is 0 Å². The van der Waals surface area contributed by atoms with Gasteiger partial charge in [0.25, 0.3) is 5.91 Å². The maximum atomic E-state index is 11.8. The van der Waals surface area contributed by atoms with Gasteiger partial charge in [0.05, 0.1) is 12.1 Å². The summed E-state index contributed by atoms with van der Waals surface area (Å²) in [6.07, 6.45) is -1.66. The number of aromatic nitrogens is 1. The highest BCUT2D eigenvalue weighted by molar-refractivity contribution is 5.99. The lowest BCUT2D eigenvalue weighted by molar-refractivity contribution is -0.146. The summed E-state index contributed by atoms with van der Waals surface area (Å²) in [5.74, 6) is -2.00. The molecule has 0 saturated heterocycles. The van der Waals surface area contributed by atoms with Gasteiger partial charge in [-0.3, -0.25) is 4.79 Å². The molecule has 0 bridgehead atoms. The fraction of sp³-hybridized carbons (Fsp3) is 0.154. The van der Waals surface area contributed by atoms with Gasteiger partial charge >= 0.3 is 5.97 Å². The van der Waals surface area contributed by atoms with Gasteiger partial charge in [0.1, 0.15) is 5.69 Å². The molecule has 0 radical (unpaired) electrons. The normalized spacial score (nSPS) is 12.1. The minimum Gasteiger partial charge on any atom is -0.479 e. The van der Waals surface area contributed by atoms with Crippen LogP contribution in [0.3, 0.4) is 0 Å². The molecule has 1 aromatic carbocycles. The number of carbonyl (C=O) groups excluding carboxylic acids is 1. The largest absolute Gasteiger partial charge is 0.479 e. The molecular formula is C13H13N3O4. The Hall–Kier alpha value is -2.67. The standard InChI is InChI=1S/C13H13N3O4/c14-8-5-10(12(18)15-6-11(17)13(19)20)16-9-4-2-1-3-7(8)9/h1-5,11,17H,6H2,(H2,14,16)(H,15,18)(H,19,20)/t11-/m0/s1. The SMILES string of the molecule is Nc1cc(C(=O)NC[C@H](O)C(=O)O)nc2ccccc12. The van der Waals surface area contributed by atoms with Crippen molar-refractivity contribution in [1.29, 1.82) is 0 Å². The lowest BCUT2D eigenvalue weighted by Crippen LogP contribution is -2.36. The number of aliphatic carboxylic acids is 1. The van der Waals surface area contributed by atoms with Crippen LogP contribution in [0.2, 0.25) is 0 Å². The summed E-state index contributed by atoms with van der Waals surface area (Å²) in [6, 6.07) is 8.49. The van der Waals surface area contributed by atoms with E-state index in [4.69, 9.17) is 15.9 Å². The van der Waals surface area contributed by atoms with Crippen LogP contribution in [-0.2, 0) is 4.79 Å². The number of aliphatic hydroxyl groups excluding tert-OH is 1. The molecule has 5 N–H and O–H groups in total. The molecule has 1 amide bonds. The summed E-state index contributed by atoms with van der Waals surface area (Å²) in [5, 5.41) is 20.6. The van der Waals surface area contributed by atoms with Gasteiger partial charge in [0, 0.05) is 11.1 Å². The Morgan fingerprint density at radius 2 is 2.05 bits per heavy atom. The number of carbonyl (C=O) groups is 2. The molecule has 104 valence electrons. The Balaban J connectivity index is 2.20. The van der Waals surface area contributed by atoms with Crippen LogP contribution in [0.4, 0.5) is 5.69 Å². The third kappa shape index (κ3) is 2.83. The first-order valence-electron chi connectivity index (χ1n) is 5.83. The second-order valence-corrected chi connectivity index (χ2v) is 4.18. The van der Waals surface area contributed by atoms with Gasteiger partial charge < -0.3 is 21.3 Å². The van der Waals surface area contributed by atoms with Crippen molar-refractivity contribution in [3.8, 4) is 0 Å². The van der Waals surface area contributed by atoms with Crippen LogP contribution >= 0.6 is 0 Å². The fourth-order valence-corrected chi connectivity index (χ4v) is 1.69. The predicted octanol–water partition coefficient (Wildman–Crippen LogP) is -0.00770. The van der Waals surface area contributed by atoms with E-state index in [1.54, 1.807) is 18.2 Å². The number of rotatable bonds is 4. The van der Waals surface area contributed by atoms with E-state index in [9.17, 15) is 9.59 Å². The zero-order valence-electron chi connectivity index (χ0n) is 10.4. The quantitative estimate of drug-likeness (QED) is 0.622. The van der Waals surface area contributed by atoms with Crippen molar-refractivity contribution in [2.45, 2.75) is 6.10 Å². The molecule has 7 heteroatoms. The molecule has 0 saturated carbocycles. The average Bonchev–Trinajstić information content (AvgIpc) is 2.44. The van der Waals surface area contributed by atoms with Crippen LogP contribution < -0.4 is 11.1 Å². The summed E-state index contributed by atoms with van der Waals surface area (Å²) in [7, 11) is 0. The summed E-state index contributed by atoms with van der Waals surface area (Å²) < 4.78 is 0. The van der Waals surface area contributed by atoms with E-state index < -0.39 is 24.5 Å². The van der Waals surface area contributed by atoms with E-state index in [0.29, 0.717) is 11.2 Å². The molecule has 0 aliphatic heterocycles. The summed E-state index contributed by atoms with van der Waals surface area (Å²) in [4.78, 5) is 26.4. The zero-order valence-corrected chi connectivity index (χ0v) is 10.4. The van der Waals surface area contributed by atoms with Crippen molar-refractivity contribution < 1.29 is 19.8 Å². The molecule has 7 nitrogen and oxygen atoms in total. The van der Waals surface area contributed by atoms with Crippen molar-refractivity contribution in [2.24, 2.45) is 0 Å². The number of nitrogens with zero attached hydrogens (tertiary/aromatic N) is 1. The Kier molecular flexibility index (Phi) is 3.81. The number of nitrogens with two attached hydrogens (primary N) is 1. The molecule has 2 rings (SSSR count). The van der Waals surface area contributed by atoms with Crippen molar-refractivity contribution in [1.82, 2.24) is 10.3 Å². The Morgan fingerprint density at radius 1 is 1.35 bits per heavy atom. The minimum absolute atomic E-state index is 0.0683. The highest BCUT2D eigenvalue weighted by atomic mass is 16.4. The maximum Gasteiger partial charge on any atom is 0.334 e. The maximum absolute atomic E-state index is 11.8. The summed E-state index contributed by atoms with van der Waals surface area (Å²) in [5.41, 5.74) is 6.87. The number of fused-ring (bicyclic) bond motifs is 1. The Labute approximate surface area is 114 Å². The first kappa shape index (κ1) is 13.8. The molecule has 1 atom stereocenters. The van der Waals surface area contributed by atoms with Gasteiger partial charge in [-0.15, -0.1) is 0 Å². The molecule has 0 aliphatic carbocycles. The fourth-order valence-electron chi connectivity index (χ4n) is 1.69. The smallest absolute Gasteiger partial charge is 0.334 e. The third-order valence-corrected chi connectivity index (χ3v) is 2.72. The van der Waals surface area contributed by atoms with Gasteiger partial charge in [-0.25, -0.2) is 9.78 Å². The van der Waals surface area contributed by atoms with E-state index in [2.05, 4.69) is 10.3 Å². The highest BCUT2D eigenvalue weighted by Crippen LogP contribution is 2.19. The number of carboxylic acid groups (broad SMARTS) is 1. The third-order valence-electron chi connectivity index (χ3n) is 2.72. The number of hydrogen-bond acceptors (Lipinski definition) is 5. The number of nitrogens with one attached hydrogen (secondary N) is 1. The lowest BCUT2D eigenvalue weighted by Gasteiger charge is -2.09. The Morgan fingerprint density at radius 3 is 2.75 bits per heavy atom. The van der Waals surface area contributed by atoms with E-state index in [-0.39, 0.29) is 5.69 Å². The molecule has 0 spiro atoms. The first-order chi connectivity index (χ1) is 9.49. The van der Waals surface area contributed by atoms with Crippen molar-refractivity contribution in [3.05, 3.63) is 36.0 Å². The highest BCUT2D eigenvalue weighted by Gasteiger charge is 2.16. The van der Waals surface area contributed by atoms with Crippen LogP contribution in [0.5, 0.6) is 0 Å². The average molecular weight is 275 g/mol. The monoisotopic (exact) mass is 275 g/mol. The number of hydrogen-bond donors (Lipinski definition) is 4. The van der Waals surface area contributed by atoms with E-state index in [0.717, 1.165) is 5.39 Å². The number of para-hydroxylation sites is 1. The van der Waals surface area contributed by atoms with E-state index in [1.807, 2.05) is 6.07 Å². The molecule has 2 aromatic rings. The number of anilines is 1. The molecule has 1 aromatic heterocycles. The summed E-state index contributed by atoms with van der Waals surface area (Å²) >= 11 is 0. The molecule has 0 unspecified atom stereocenters. The zero-order chi connectivity index (χ0) is 14.7.